The maximum Gasteiger partial charge on any atom is 0.252 e. The van der Waals surface area contributed by atoms with Crippen LogP contribution >= 0.6 is 11.3 Å². The minimum atomic E-state index is -3.50. The van der Waals surface area contributed by atoms with Crippen LogP contribution in [0.2, 0.25) is 0 Å². The summed E-state index contributed by atoms with van der Waals surface area (Å²) in [6.07, 6.45) is 3.14. The molecule has 0 aliphatic carbocycles. The highest BCUT2D eigenvalue weighted by molar-refractivity contribution is 7.91. The second-order valence-electron chi connectivity index (χ2n) is 7.24. The number of aromatic nitrogens is 3. The molecule has 30 heavy (non-hydrogen) atoms. The van der Waals surface area contributed by atoms with Crippen LogP contribution in [-0.4, -0.2) is 58.8 Å². The summed E-state index contributed by atoms with van der Waals surface area (Å²) in [5.74, 6) is 0.474. The summed E-state index contributed by atoms with van der Waals surface area (Å²) in [4.78, 5) is 14.8. The number of pyridine rings is 1. The molecule has 5 rings (SSSR count). The van der Waals surface area contributed by atoms with Crippen LogP contribution in [0.4, 0.5) is 5.82 Å². The van der Waals surface area contributed by atoms with Crippen molar-refractivity contribution in [1.29, 1.82) is 0 Å². The predicted octanol–water partition coefficient (Wildman–Crippen LogP) is 2.33. The van der Waals surface area contributed by atoms with E-state index in [1.807, 2.05) is 30.3 Å². The topological polar surface area (TPSA) is 105 Å². The Labute approximate surface area is 178 Å². The molecule has 1 aliphatic heterocycles. The molecule has 0 bridgehead atoms. The van der Waals surface area contributed by atoms with Crippen molar-refractivity contribution in [1.82, 2.24) is 24.2 Å². The quantitative estimate of drug-likeness (QED) is 0.519. The van der Waals surface area contributed by atoms with Gasteiger partial charge in [-0.05, 0) is 35.9 Å². The molecular weight excluding hydrogens is 420 g/mol. The van der Waals surface area contributed by atoms with Gasteiger partial charge in [-0.15, -0.1) is 11.3 Å². The van der Waals surface area contributed by atoms with E-state index in [1.165, 1.54) is 17.7 Å². The molecule has 0 unspecified atom stereocenters. The Morgan fingerprint density at radius 1 is 1.00 bits per heavy atom. The van der Waals surface area contributed by atoms with Crippen molar-refractivity contribution in [3.8, 4) is 0 Å². The fraction of sp³-hybridized carbons (Fsp3) is 0.250. The Bertz CT molecular complexity index is 1300. The van der Waals surface area contributed by atoms with Crippen LogP contribution in [0.3, 0.4) is 0 Å². The van der Waals surface area contributed by atoms with E-state index in [0.29, 0.717) is 36.2 Å². The number of hydrogen-bond donors (Lipinski definition) is 1. The number of fused-ring (bicyclic) bond motifs is 2. The minimum Gasteiger partial charge on any atom is -0.383 e. The molecule has 0 amide bonds. The van der Waals surface area contributed by atoms with Gasteiger partial charge < -0.3 is 5.73 Å². The molecule has 0 saturated carbocycles. The Hall–Kier alpha value is -2.66. The van der Waals surface area contributed by atoms with Crippen LogP contribution in [0.25, 0.3) is 21.1 Å². The van der Waals surface area contributed by atoms with E-state index in [9.17, 15) is 8.42 Å². The van der Waals surface area contributed by atoms with Crippen molar-refractivity contribution >= 4 is 48.3 Å². The van der Waals surface area contributed by atoms with Crippen LogP contribution in [0.15, 0.2) is 53.1 Å². The van der Waals surface area contributed by atoms with Crippen molar-refractivity contribution in [3.05, 3.63) is 54.5 Å². The van der Waals surface area contributed by atoms with Gasteiger partial charge in [-0.3, -0.25) is 9.88 Å². The summed E-state index contributed by atoms with van der Waals surface area (Å²) in [6.45, 7) is 3.01. The molecule has 8 nitrogen and oxygen atoms in total. The zero-order valence-corrected chi connectivity index (χ0v) is 17.7. The van der Waals surface area contributed by atoms with Gasteiger partial charge >= 0.3 is 0 Å². The van der Waals surface area contributed by atoms with E-state index in [4.69, 9.17) is 5.73 Å². The lowest BCUT2D eigenvalue weighted by atomic mass is 10.1. The van der Waals surface area contributed by atoms with Crippen LogP contribution < -0.4 is 5.73 Å². The number of sulfonamides is 1. The molecule has 1 aliphatic rings. The highest BCUT2D eigenvalue weighted by Gasteiger charge is 2.30. The molecule has 1 saturated heterocycles. The van der Waals surface area contributed by atoms with Gasteiger partial charge in [-0.1, -0.05) is 6.07 Å². The van der Waals surface area contributed by atoms with Crippen molar-refractivity contribution in [2.24, 2.45) is 0 Å². The summed E-state index contributed by atoms with van der Waals surface area (Å²) < 4.78 is 28.9. The monoisotopic (exact) mass is 440 g/mol. The molecule has 2 N–H and O–H groups in total. The third-order valence-corrected chi connectivity index (χ3v) is 8.77. The highest BCUT2D eigenvalue weighted by Crippen LogP contribution is 2.30. The predicted molar refractivity (Wildman–Crippen MR) is 118 cm³/mol. The molecule has 1 fully saturated rings. The van der Waals surface area contributed by atoms with Gasteiger partial charge in [0.25, 0.3) is 10.0 Å². The van der Waals surface area contributed by atoms with Gasteiger partial charge in [0.2, 0.25) is 0 Å². The Balaban J connectivity index is 1.28. The van der Waals surface area contributed by atoms with Crippen molar-refractivity contribution in [2.45, 2.75) is 10.8 Å². The summed E-state index contributed by atoms with van der Waals surface area (Å²) >= 11 is 1.28. The highest BCUT2D eigenvalue weighted by atomic mass is 32.2. The van der Waals surface area contributed by atoms with Gasteiger partial charge in [-0.25, -0.2) is 18.4 Å². The zero-order chi connectivity index (χ0) is 20.7. The molecule has 0 atom stereocenters. The Morgan fingerprint density at radius 3 is 2.63 bits per heavy atom. The van der Waals surface area contributed by atoms with Crippen molar-refractivity contribution < 1.29 is 8.42 Å². The minimum absolute atomic E-state index is 0.358. The summed E-state index contributed by atoms with van der Waals surface area (Å²) in [7, 11) is -3.50. The van der Waals surface area contributed by atoms with E-state index in [1.54, 1.807) is 16.6 Å². The average molecular weight is 441 g/mol. The van der Waals surface area contributed by atoms with E-state index < -0.39 is 10.0 Å². The molecule has 1 aromatic carbocycles. The van der Waals surface area contributed by atoms with Crippen LogP contribution in [-0.2, 0) is 16.6 Å². The van der Waals surface area contributed by atoms with Crippen molar-refractivity contribution in [3.63, 3.8) is 0 Å². The fourth-order valence-electron chi connectivity index (χ4n) is 3.71. The van der Waals surface area contributed by atoms with Crippen LogP contribution in [0, 0.1) is 0 Å². The summed E-state index contributed by atoms with van der Waals surface area (Å²) in [5, 5.41) is 0.843. The van der Waals surface area contributed by atoms with Gasteiger partial charge in [0.15, 0.2) is 0 Å². The van der Waals surface area contributed by atoms with Gasteiger partial charge in [0.05, 0.1) is 15.7 Å². The smallest absolute Gasteiger partial charge is 0.252 e. The normalized spacial score (nSPS) is 16.4. The Kier molecular flexibility index (Phi) is 4.86. The van der Waals surface area contributed by atoms with E-state index in [-0.39, 0.29) is 0 Å². The first-order valence-electron chi connectivity index (χ1n) is 9.57. The first-order chi connectivity index (χ1) is 14.5. The molecule has 154 valence electrons. The maximum atomic E-state index is 13.1. The standard InChI is InChI=1S/C20H20N6O2S2/c21-20-15-4-3-14(10-16(15)23-13-24-20)12-25-6-8-26(9-7-25)30(27,28)19-11-17-18(29-19)2-1-5-22-17/h1-5,10-11,13H,6-9,12H2,(H2,21,23,24). The molecule has 0 spiro atoms. The third kappa shape index (κ3) is 3.52. The second-order valence-corrected chi connectivity index (χ2v) is 10.5. The number of piperazine rings is 1. The first-order valence-corrected chi connectivity index (χ1v) is 11.8. The van der Waals surface area contributed by atoms with Gasteiger partial charge in [-0.2, -0.15) is 4.31 Å². The summed E-state index contributed by atoms with van der Waals surface area (Å²) in [5.41, 5.74) is 8.55. The number of thiophene rings is 1. The molecule has 4 aromatic rings. The number of anilines is 1. The van der Waals surface area contributed by atoms with E-state index >= 15 is 0 Å². The molecular formula is C20H20N6O2S2. The Morgan fingerprint density at radius 2 is 1.83 bits per heavy atom. The van der Waals surface area contributed by atoms with Gasteiger partial charge in [0, 0.05) is 44.3 Å². The first kappa shape index (κ1) is 19.3. The average Bonchev–Trinajstić information content (AvgIpc) is 3.20. The summed E-state index contributed by atoms with van der Waals surface area (Å²) in [6, 6.07) is 11.4. The van der Waals surface area contributed by atoms with Crippen LogP contribution in [0.1, 0.15) is 5.56 Å². The number of nitrogens with zero attached hydrogens (tertiary/aromatic N) is 5. The molecule has 0 radical (unpaired) electrons. The molecule has 4 heterocycles. The zero-order valence-electron chi connectivity index (χ0n) is 16.1. The number of hydrogen-bond acceptors (Lipinski definition) is 8. The molecule has 10 heteroatoms. The SMILES string of the molecule is Nc1ncnc2cc(CN3CCN(S(=O)(=O)c4cc5ncccc5s4)CC3)ccc12. The number of benzene rings is 1. The van der Waals surface area contributed by atoms with E-state index in [2.05, 4.69) is 19.9 Å². The number of nitrogen functional groups attached to an aromatic ring is 1. The third-order valence-electron chi connectivity index (χ3n) is 5.33. The van der Waals surface area contributed by atoms with E-state index in [0.717, 1.165) is 33.2 Å². The van der Waals surface area contributed by atoms with Gasteiger partial charge in [0.1, 0.15) is 16.4 Å². The number of nitrogens with two attached hydrogens (primary N) is 1. The number of rotatable bonds is 4. The van der Waals surface area contributed by atoms with Crippen molar-refractivity contribution in [2.75, 3.05) is 31.9 Å². The maximum absolute atomic E-state index is 13.1. The lowest BCUT2D eigenvalue weighted by molar-refractivity contribution is 0.182. The largest absolute Gasteiger partial charge is 0.383 e. The lowest BCUT2D eigenvalue weighted by Gasteiger charge is -2.33. The second kappa shape index (κ2) is 7.55. The lowest BCUT2D eigenvalue weighted by Crippen LogP contribution is -2.48. The molecule has 3 aromatic heterocycles. The fourth-order valence-corrected chi connectivity index (χ4v) is 6.63. The van der Waals surface area contributed by atoms with Crippen LogP contribution in [0.5, 0.6) is 0 Å².